The molecule has 2 aromatic carbocycles. The molecule has 0 spiro atoms. The zero-order valence-corrected chi connectivity index (χ0v) is 11.9. The third kappa shape index (κ3) is 4.72. The molecule has 23 heavy (non-hydrogen) atoms. The van der Waals surface area contributed by atoms with Crippen LogP contribution < -0.4 is 5.43 Å². The predicted molar refractivity (Wildman–Crippen MR) is 84.7 cm³/mol. The summed E-state index contributed by atoms with van der Waals surface area (Å²) in [5.41, 5.74) is 2.12. The molecule has 1 heterocycles. The van der Waals surface area contributed by atoms with Crippen molar-refractivity contribution in [3.8, 4) is 11.1 Å². The standard InChI is InChI=1S/C15H10O2.2CHNO/c16-15-12-8-4-5-9-14(12)17-10-13(15)11-6-2-1-3-7-11;2*2-1-3/h1-10H;2*2H. The topological polar surface area (TPSA) is 112 Å². The Kier molecular flexibility index (Phi) is 7.11. The lowest BCUT2D eigenvalue weighted by atomic mass is 10.1. The summed E-state index contributed by atoms with van der Waals surface area (Å²) < 4.78 is 5.48. The lowest BCUT2D eigenvalue weighted by Crippen LogP contribution is -2.04. The van der Waals surface area contributed by atoms with Crippen LogP contribution in [0.4, 0.5) is 0 Å². The van der Waals surface area contributed by atoms with E-state index in [9.17, 15) is 4.79 Å². The first-order valence-electron chi connectivity index (χ1n) is 6.33. The van der Waals surface area contributed by atoms with Crippen molar-refractivity contribution in [2.45, 2.75) is 0 Å². The van der Waals surface area contributed by atoms with Gasteiger partial charge >= 0.3 is 0 Å². The highest BCUT2D eigenvalue weighted by molar-refractivity contribution is 5.81. The predicted octanol–water partition coefficient (Wildman–Crippen LogP) is 3.26. The van der Waals surface area contributed by atoms with Crippen LogP contribution in [-0.4, -0.2) is 12.2 Å². The number of isocyanates is 2. The fourth-order valence-corrected chi connectivity index (χ4v) is 1.89. The van der Waals surface area contributed by atoms with Gasteiger partial charge in [-0.25, -0.2) is 20.4 Å². The third-order valence-electron chi connectivity index (χ3n) is 2.76. The highest BCUT2D eigenvalue weighted by Gasteiger charge is 2.07. The second-order valence-electron chi connectivity index (χ2n) is 4.04. The van der Waals surface area contributed by atoms with Gasteiger partial charge in [-0.15, -0.1) is 0 Å². The number of carbonyl (C=O) groups excluding carboxylic acids is 2. The van der Waals surface area contributed by atoms with Crippen molar-refractivity contribution in [2.75, 3.05) is 0 Å². The van der Waals surface area contributed by atoms with E-state index in [1.807, 2.05) is 42.5 Å². The molecule has 0 aliphatic carbocycles. The Morgan fingerprint density at radius 1 is 0.826 bits per heavy atom. The van der Waals surface area contributed by atoms with Crippen LogP contribution >= 0.6 is 0 Å². The van der Waals surface area contributed by atoms with Gasteiger partial charge in [0.15, 0.2) is 5.43 Å². The van der Waals surface area contributed by atoms with E-state index in [2.05, 4.69) is 0 Å². The summed E-state index contributed by atoms with van der Waals surface area (Å²) in [6, 6.07) is 16.8. The number of para-hydroxylation sites is 1. The third-order valence-corrected chi connectivity index (χ3v) is 2.76. The summed E-state index contributed by atoms with van der Waals surface area (Å²) in [5, 5.41) is 11.4. The molecule has 0 fully saturated rings. The van der Waals surface area contributed by atoms with Crippen molar-refractivity contribution in [3.05, 3.63) is 71.1 Å². The van der Waals surface area contributed by atoms with Gasteiger partial charge in [-0.05, 0) is 17.7 Å². The van der Waals surface area contributed by atoms with Gasteiger partial charge in [-0.2, -0.15) is 0 Å². The second kappa shape index (κ2) is 9.37. The Balaban J connectivity index is 0.000000387. The smallest absolute Gasteiger partial charge is 0.231 e. The minimum absolute atomic E-state index is 0.0121. The molecule has 3 rings (SSSR count). The highest BCUT2D eigenvalue weighted by Crippen LogP contribution is 2.18. The van der Waals surface area contributed by atoms with Crippen LogP contribution in [0.25, 0.3) is 22.1 Å². The van der Waals surface area contributed by atoms with Crippen molar-refractivity contribution >= 4 is 23.1 Å². The van der Waals surface area contributed by atoms with E-state index in [0.29, 0.717) is 16.5 Å². The first-order chi connectivity index (χ1) is 11.2. The van der Waals surface area contributed by atoms with Crippen LogP contribution in [-0.2, 0) is 9.59 Å². The van der Waals surface area contributed by atoms with E-state index >= 15 is 0 Å². The molecule has 1 aromatic heterocycles. The van der Waals surface area contributed by atoms with E-state index in [-0.39, 0.29) is 5.43 Å². The van der Waals surface area contributed by atoms with Crippen molar-refractivity contribution in [2.24, 2.45) is 0 Å². The van der Waals surface area contributed by atoms with Gasteiger partial charge < -0.3 is 4.42 Å². The first-order valence-corrected chi connectivity index (χ1v) is 6.33. The lowest BCUT2D eigenvalue weighted by molar-refractivity contribution is 0.562. The van der Waals surface area contributed by atoms with Crippen LogP contribution in [0.2, 0.25) is 0 Å². The molecule has 0 amide bonds. The summed E-state index contributed by atoms with van der Waals surface area (Å²) >= 11 is 0. The second-order valence-corrected chi connectivity index (χ2v) is 4.04. The average molecular weight is 308 g/mol. The largest absolute Gasteiger partial charge is 0.463 e. The quantitative estimate of drug-likeness (QED) is 0.530. The van der Waals surface area contributed by atoms with Crippen molar-refractivity contribution < 1.29 is 14.0 Å². The molecule has 0 atom stereocenters. The van der Waals surface area contributed by atoms with E-state index < -0.39 is 0 Å². The molecule has 0 unspecified atom stereocenters. The lowest BCUT2D eigenvalue weighted by Gasteiger charge is -2.01. The minimum atomic E-state index is 0.0121. The van der Waals surface area contributed by atoms with Crippen LogP contribution in [0.15, 0.2) is 70.1 Å². The fraction of sp³-hybridized carbons (Fsp3) is 0. The Bertz CT molecular complexity index is 877. The van der Waals surface area contributed by atoms with Crippen LogP contribution in [0, 0.1) is 10.8 Å². The normalized spacial score (nSPS) is 8.52. The van der Waals surface area contributed by atoms with Gasteiger partial charge in [0.25, 0.3) is 0 Å². The average Bonchev–Trinajstić information content (AvgIpc) is 2.58. The maximum atomic E-state index is 12.3. The maximum absolute atomic E-state index is 12.3. The van der Waals surface area contributed by atoms with Gasteiger partial charge in [0.05, 0.1) is 10.9 Å². The molecular weight excluding hydrogens is 296 g/mol. The Hall–Kier alpha value is -3.59. The number of benzene rings is 2. The molecule has 0 radical (unpaired) electrons. The van der Waals surface area contributed by atoms with Gasteiger partial charge in [-0.1, -0.05) is 42.5 Å². The molecule has 0 saturated carbocycles. The molecule has 3 aromatic rings. The summed E-state index contributed by atoms with van der Waals surface area (Å²) in [7, 11) is 0. The Morgan fingerprint density at radius 3 is 1.96 bits per heavy atom. The van der Waals surface area contributed by atoms with Gasteiger partial charge in [0, 0.05) is 0 Å². The summed E-state index contributed by atoms with van der Waals surface area (Å²) in [6.07, 6.45) is 3.03. The molecule has 0 aliphatic heterocycles. The molecular formula is C17H12N2O4. The molecule has 0 bridgehead atoms. The first kappa shape index (κ1) is 17.5. The van der Waals surface area contributed by atoms with E-state index in [1.165, 1.54) is 6.26 Å². The Morgan fingerprint density at radius 2 is 1.35 bits per heavy atom. The molecule has 2 N–H and O–H groups in total. The van der Waals surface area contributed by atoms with Crippen molar-refractivity contribution in [1.82, 2.24) is 0 Å². The zero-order valence-electron chi connectivity index (χ0n) is 11.9. The van der Waals surface area contributed by atoms with E-state index in [1.54, 1.807) is 12.1 Å². The summed E-state index contributed by atoms with van der Waals surface area (Å²) in [6.45, 7) is 0. The van der Waals surface area contributed by atoms with Gasteiger partial charge in [-0.3, -0.25) is 4.79 Å². The van der Waals surface area contributed by atoms with E-state index in [4.69, 9.17) is 24.8 Å². The zero-order chi connectivity index (χ0) is 17.1. The van der Waals surface area contributed by atoms with Gasteiger partial charge in [0.2, 0.25) is 12.2 Å². The minimum Gasteiger partial charge on any atom is -0.463 e. The number of nitrogens with one attached hydrogen (secondary N) is 2. The fourth-order valence-electron chi connectivity index (χ4n) is 1.89. The monoisotopic (exact) mass is 308 g/mol. The highest BCUT2D eigenvalue weighted by atomic mass is 16.3. The number of hydrogen-bond acceptors (Lipinski definition) is 6. The number of hydrogen-bond donors (Lipinski definition) is 2. The van der Waals surface area contributed by atoms with Crippen molar-refractivity contribution in [3.63, 3.8) is 0 Å². The number of rotatable bonds is 1. The maximum Gasteiger partial charge on any atom is 0.231 e. The Labute approximate surface area is 131 Å². The van der Waals surface area contributed by atoms with Crippen LogP contribution in [0.1, 0.15) is 0 Å². The summed E-state index contributed by atoms with van der Waals surface area (Å²) in [4.78, 5) is 29.0. The van der Waals surface area contributed by atoms with Gasteiger partial charge in [0.1, 0.15) is 11.8 Å². The van der Waals surface area contributed by atoms with E-state index in [0.717, 1.165) is 17.7 Å². The number of fused-ring (bicyclic) bond motifs is 1. The van der Waals surface area contributed by atoms with Crippen LogP contribution in [0.5, 0.6) is 0 Å². The molecule has 0 saturated heterocycles. The molecule has 0 aliphatic rings. The summed E-state index contributed by atoms with van der Waals surface area (Å²) in [5.74, 6) is 0. The SMILES string of the molecule is N=C=O.N=C=O.O=c1c(-c2ccccc2)coc2ccccc12. The van der Waals surface area contributed by atoms with Crippen LogP contribution in [0.3, 0.4) is 0 Å². The molecule has 6 heteroatoms. The molecule has 6 nitrogen and oxygen atoms in total. The molecule has 114 valence electrons. The van der Waals surface area contributed by atoms with Crippen molar-refractivity contribution in [1.29, 1.82) is 10.8 Å².